The van der Waals surface area contributed by atoms with Crippen molar-refractivity contribution in [2.75, 3.05) is 12.4 Å². The molecule has 100 valence electrons. The van der Waals surface area contributed by atoms with Gasteiger partial charge < -0.3 is 10.8 Å². The van der Waals surface area contributed by atoms with Gasteiger partial charge in [-0.3, -0.25) is 4.79 Å². The molecule has 0 saturated carbocycles. The molecule has 3 N–H and O–H groups in total. The highest BCUT2D eigenvalue weighted by Gasteiger charge is 2.22. The molecule has 6 heteroatoms. The average Bonchev–Trinajstić information content (AvgIpc) is 2.31. The van der Waals surface area contributed by atoms with Gasteiger partial charge in [0.05, 0.1) is 0 Å². The third-order valence-electron chi connectivity index (χ3n) is 2.36. The number of rotatable bonds is 6. The van der Waals surface area contributed by atoms with Crippen LogP contribution in [0, 0.1) is 11.7 Å². The molecule has 0 heterocycles. The van der Waals surface area contributed by atoms with Gasteiger partial charge in [0.2, 0.25) is 5.91 Å². The third kappa shape index (κ3) is 4.26. The number of carbonyl (C=O) groups is 1. The van der Waals surface area contributed by atoms with Gasteiger partial charge >= 0.3 is 0 Å². The molecule has 0 fully saturated rings. The van der Waals surface area contributed by atoms with Crippen LogP contribution >= 0.6 is 27.7 Å². The molecule has 0 aromatic heterocycles. The molecule has 0 radical (unpaired) electrons. The van der Waals surface area contributed by atoms with E-state index in [4.69, 9.17) is 10.8 Å². The molecule has 0 spiro atoms. The number of carbonyl (C=O) groups excluding carboxylic acids is 1. The summed E-state index contributed by atoms with van der Waals surface area (Å²) in [5.41, 5.74) is 5.58. The average molecular weight is 336 g/mol. The van der Waals surface area contributed by atoms with E-state index in [2.05, 4.69) is 15.9 Å². The van der Waals surface area contributed by atoms with E-state index in [1.54, 1.807) is 12.1 Å². The number of aliphatic hydroxyl groups excluding tert-OH is 1. The van der Waals surface area contributed by atoms with E-state index in [1.807, 2.05) is 6.92 Å². The predicted octanol–water partition coefficient (Wildman–Crippen LogP) is 2.48. The normalized spacial score (nSPS) is 14.2. The van der Waals surface area contributed by atoms with Crippen molar-refractivity contribution < 1.29 is 14.3 Å². The fourth-order valence-electron chi connectivity index (χ4n) is 1.35. The summed E-state index contributed by atoms with van der Waals surface area (Å²) in [6.07, 6.45) is 0. The van der Waals surface area contributed by atoms with Crippen LogP contribution in [0.5, 0.6) is 0 Å². The molecule has 0 aliphatic carbocycles. The second-order valence-electron chi connectivity index (χ2n) is 4.07. The largest absolute Gasteiger partial charge is 0.396 e. The van der Waals surface area contributed by atoms with Crippen molar-refractivity contribution >= 4 is 33.6 Å². The highest BCUT2D eigenvalue weighted by molar-refractivity contribution is 9.10. The number of benzene rings is 1. The molecule has 0 aliphatic rings. The van der Waals surface area contributed by atoms with Crippen molar-refractivity contribution in [1.29, 1.82) is 0 Å². The summed E-state index contributed by atoms with van der Waals surface area (Å²) < 4.78 is 14.4. The lowest BCUT2D eigenvalue weighted by Crippen LogP contribution is -2.21. The van der Waals surface area contributed by atoms with E-state index in [9.17, 15) is 9.18 Å². The van der Waals surface area contributed by atoms with Crippen molar-refractivity contribution in [3.63, 3.8) is 0 Å². The van der Waals surface area contributed by atoms with E-state index in [0.717, 1.165) is 0 Å². The smallest absolute Gasteiger partial charge is 0.235 e. The standard InChI is InChI=1S/C12H15BrFNO2S/c1-7(5-16)6-18-11(12(15)17)9-3-2-8(13)4-10(9)14/h2-4,7,11,16H,5-6H2,1H3,(H2,15,17)/t7-,11+/m0/s1. The molecule has 1 rings (SSSR count). The van der Waals surface area contributed by atoms with Crippen LogP contribution < -0.4 is 5.73 Å². The maximum atomic E-state index is 13.8. The van der Waals surface area contributed by atoms with E-state index in [1.165, 1.54) is 17.8 Å². The van der Waals surface area contributed by atoms with Crippen LogP contribution in [0.25, 0.3) is 0 Å². The molecular formula is C12H15BrFNO2S. The Labute approximate surface area is 118 Å². The third-order valence-corrected chi connectivity index (χ3v) is 4.44. The summed E-state index contributed by atoms with van der Waals surface area (Å²) in [5.74, 6) is -0.460. The lowest BCUT2D eigenvalue weighted by Gasteiger charge is -2.16. The van der Waals surface area contributed by atoms with Crippen molar-refractivity contribution in [2.45, 2.75) is 12.2 Å². The Kier molecular flexibility index (Phi) is 6.11. The van der Waals surface area contributed by atoms with Crippen molar-refractivity contribution in [1.82, 2.24) is 0 Å². The Bertz CT molecular complexity index is 431. The van der Waals surface area contributed by atoms with Gasteiger partial charge in [-0.1, -0.05) is 28.9 Å². The summed E-state index contributed by atoms with van der Waals surface area (Å²) in [4.78, 5) is 11.4. The maximum absolute atomic E-state index is 13.8. The number of hydrogen-bond donors (Lipinski definition) is 2. The van der Waals surface area contributed by atoms with Crippen LogP contribution in [0.1, 0.15) is 17.7 Å². The van der Waals surface area contributed by atoms with Crippen LogP contribution in [0.15, 0.2) is 22.7 Å². The molecule has 18 heavy (non-hydrogen) atoms. The first-order chi connectivity index (χ1) is 8.45. The first-order valence-electron chi connectivity index (χ1n) is 5.42. The molecule has 0 saturated heterocycles. The van der Waals surface area contributed by atoms with Gasteiger partial charge in [0.15, 0.2) is 0 Å². The number of thioether (sulfide) groups is 1. The molecule has 0 bridgehead atoms. The second-order valence-corrected chi connectivity index (χ2v) is 6.12. The summed E-state index contributed by atoms with van der Waals surface area (Å²) in [7, 11) is 0. The number of aliphatic hydroxyl groups is 1. The van der Waals surface area contributed by atoms with Crippen molar-refractivity contribution in [3.05, 3.63) is 34.1 Å². The number of hydrogen-bond acceptors (Lipinski definition) is 3. The van der Waals surface area contributed by atoms with Crippen LogP contribution in [0.4, 0.5) is 4.39 Å². The monoisotopic (exact) mass is 335 g/mol. The highest BCUT2D eigenvalue weighted by Crippen LogP contribution is 2.32. The minimum atomic E-state index is -0.730. The van der Waals surface area contributed by atoms with Crippen molar-refractivity contribution in [3.8, 4) is 0 Å². The Morgan fingerprint density at radius 1 is 1.61 bits per heavy atom. The minimum Gasteiger partial charge on any atom is -0.396 e. The Hall–Kier alpha value is -0.590. The summed E-state index contributed by atoms with van der Waals surface area (Å²) >= 11 is 4.41. The first kappa shape index (κ1) is 15.5. The van der Waals surface area contributed by atoms with Crippen LogP contribution in [-0.4, -0.2) is 23.4 Å². The fraction of sp³-hybridized carbons (Fsp3) is 0.417. The molecule has 2 atom stereocenters. The summed E-state index contributed by atoms with van der Waals surface area (Å²) in [5, 5.41) is 8.21. The highest BCUT2D eigenvalue weighted by atomic mass is 79.9. The summed E-state index contributed by atoms with van der Waals surface area (Å²) in [6, 6.07) is 4.52. The quantitative estimate of drug-likeness (QED) is 0.839. The van der Waals surface area contributed by atoms with Crippen LogP contribution in [-0.2, 0) is 4.79 Å². The molecule has 1 aromatic rings. The molecule has 1 aromatic carbocycles. The predicted molar refractivity (Wildman–Crippen MR) is 74.7 cm³/mol. The molecule has 3 nitrogen and oxygen atoms in total. The number of halogens is 2. The van der Waals surface area contributed by atoms with Crippen molar-refractivity contribution in [2.24, 2.45) is 11.7 Å². The van der Waals surface area contributed by atoms with E-state index in [-0.39, 0.29) is 18.1 Å². The lowest BCUT2D eigenvalue weighted by molar-refractivity contribution is -0.117. The van der Waals surface area contributed by atoms with Gasteiger partial charge in [0.1, 0.15) is 11.1 Å². The van der Waals surface area contributed by atoms with Gasteiger partial charge in [-0.05, 0) is 23.8 Å². The van der Waals surface area contributed by atoms with Gasteiger partial charge in [-0.2, -0.15) is 0 Å². The van der Waals surface area contributed by atoms with E-state index in [0.29, 0.717) is 10.2 Å². The minimum absolute atomic E-state index is 0.0291. The summed E-state index contributed by atoms with van der Waals surface area (Å²) in [6.45, 7) is 1.88. The van der Waals surface area contributed by atoms with E-state index >= 15 is 0 Å². The van der Waals surface area contributed by atoms with Crippen LogP contribution in [0.3, 0.4) is 0 Å². The molecule has 0 aliphatic heterocycles. The van der Waals surface area contributed by atoms with Gasteiger partial charge in [-0.25, -0.2) is 4.39 Å². The zero-order valence-corrected chi connectivity index (χ0v) is 12.3. The van der Waals surface area contributed by atoms with Gasteiger partial charge in [0.25, 0.3) is 0 Å². The lowest BCUT2D eigenvalue weighted by atomic mass is 10.1. The number of amides is 1. The second kappa shape index (κ2) is 7.11. The number of primary amides is 1. The fourth-order valence-corrected chi connectivity index (χ4v) is 2.85. The zero-order valence-electron chi connectivity index (χ0n) is 9.90. The Balaban J connectivity index is 2.87. The zero-order chi connectivity index (χ0) is 13.7. The Morgan fingerprint density at radius 2 is 2.28 bits per heavy atom. The van der Waals surface area contributed by atoms with E-state index < -0.39 is 17.0 Å². The van der Waals surface area contributed by atoms with Crippen LogP contribution in [0.2, 0.25) is 0 Å². The molecular weight excluding hydrogens is 321 g/mol. The maximum Gasteiger partial charge on any atom is 0.235 e. The molecule has 1 amide bonds. The molecule has 0 unspecified atom stereocenters. The number of nitrogens with two attached hydrogens (primary N) is 1. The first-order valence-corrected chi connectivity index (χ1v) is 7.26. The topological polar surface area (TPSA) is 63.3 Å². The van der Waals surface area contributed by atoms with Gasteiger partial charge in [0, 0.05) is 16.6 Å². The SMILES string of the molecule is C[C@@H](CO)CS[C@@H](C(N)=O)c1ccc(Br)cc1F. The Morgan fingerprint density at radius 3 is 2.78 bits per heavy atom. The van der Waals surface area contributed by atoms with Gasteiger partial charge in [-0.15, -0.1) is 11.8 Å².